The molecule has 1 aromatic carbocycles. The Labute approximate surface area is 117 Å². The number of hydrogen-bond acceptors (Lipinski definition) is 2. The van der Waals surface area contributed by atoms with Crippen LogP contribution < -0.4 is 0 Å². The van der Waals surface area contributed by atoms with Crippen molar-refractivity contribution in [1.29, 1.82) is 0 Å². The zero-order chi connectivity index (χ0) is 13.3. The molecule has 18 heavy (non-hydrogen) atoms. The molecule has 2 rings (SSSR count). The lowest BCUT2D eigenvalue weighted by atomic mass is 9.95. The molecular weight excluding hydrogens is 271 g/mol. The Balaban J connectivity index is 1.95. The van der Waals surface area contributed by atoms with Crippen LogP contribution in [0.4, 0.5) is 0 Å². The van der Waals surface area contributed by atoms with Crippen molar-refractivity contribution in [3.63, 3.8) is 0 Å². The molecule has 0 bridgehead atoms. The first kappa shape index (κ1) is 13.7. The lowest BCUT2D eigenvalue weighted by molar-refractivity contribution is -0.142. The highest BCUT2D eigenvalue weighted by Gasteiger charge is 2.44. The van der Waals surface area contributed by atoms with Gasteiger partial charge in [-0.2, -0.15) is 0 Å². The van der Waals surface area contributed by atoms with E-state index in [4.69, 9.17) is 27.9 Å². The standard InChI is InChI=1S/C14H16Cl2O2/c1-8(5-10-6-11(10)14(17)18-2)9-3-4-12(15)13(16)7-9/h3-4,7-8,10-11H,5-6H2,1-2H3. The van der Waals surface area contributed by atoms with Crippen LogP contribution in [0.15, 0.2) is 18.2 Å². The third-order valence-electron chi connectivity index (χ3n) is 3.60. The second-order valence-corrected chi connectivity index (χ2v) is 5.75. The fourth-order valence-electron chi connectivity index (χ4n) is 2.36. The molecular formula is C14H16Cl2O2. The predicted molar refractivity (Wildman–Crippen MR) is 73.1 cm³/mol. The van der Waals surface area contributed by atoms with Gasteiger partial charge in [0.15, 0.2) is 0 Å². The van der Waals surface area contributed by atoms with E-state index >= 15 is 0 Å². The van der Waals surface area contributed by atoms with Crippen LogP contribution in [0, 0.1) is 11.8 Å². The van der Waals surface area contributed by atoms with Gasteiger partial charge < -0.3 is 4.74 Å². The van der Waals surface area contributed by atoms with Gasteiger partial charge in [-0.1, -0.05) is 36.2 Å². The second-order valence-electron chi connectivity index (χ2n) is 4.94. The molecule has 0 aliphatic heterocycles. The van der Waals surface area contributed by atoms with E-state index in [9.17, 15) is 4.79 Å². The minimum atomic E-state index is -0.0821. The quantitative estimate of drug-likeness (QED) is 0.772. The molecule has 3 atom stereocenters. The van der Waals surface area contributed by atoms with Crippen molar-refractivity contribution in [2.45, 2.75) is 25.7 Å². The van der Waals surface area contributed by atoms with Crippen molar-refractivity contribution < 1.29 is 9.53 Å². The van der Waals surface area contributed by atoms with Crippen LogP contribution in [0.5, 0.6) is 0 Å². The van der Waals surface area contributed by atoms with Gasteiger partial charge in [-0.3, -0.25) is 4.79 Å². The van der Waals surface area contributed by atoms with Crippen molar-refractivity contribution >= 4 is 29.2 Å². The molecule has 4 heteroatoms. The summed E-state index contributed by atoms with van der Waals surface area (Å²) in [7, 11) is 1.44. The molecule has 0 N–H and O–H groups in total. The number of carbonyl (C=O) groups excluding carboxylic acids is 1. The zero-order valence-electron chi connectivity index (χ0n) is 10.5. The van der Waals surface area contributed by atoms with E-state index in [-0.39, 0.29) is 11.9 Å². The van der Waals surface area contributed by atoms with Gasteiger partial charge in [0.2, 0.25) is 0 Å². The Bertz CT molecular complexity index is 459. The number of carbonyl (C=O) groups is 1. The van der Waals surface area contributed by atoms with E-state index in [0.29, 0.717) is 21.9 Å². The summed E-state index contributed by atoms with van der Waals surface area (Å²) in [5, 5.41) is 1.16. The van der Waals surface area contributed by atoms with Gasteiger partial charge in [0.1, 0.15) is 0 Å². The number of rotatable bonds is 4. The average Bonchev–Trinajstić information content (AvgIpc) is 3.10. The maximum atomic E-state index is 11.3. The van der Waals surface area contributed by atoms with E-state index < -0.39 is 0 Å². The molecule has 0 saturated heterocycles. The Morgan fingerprint density at radius 1 is 1.44 bits per heavy atom. The number of hydrogen-bond donors (Lipinski definition) is 0. The monoisotopic (exact) mass is 286 g/mol. The molecule has 0 heterocycles. The first-order chi connectivity index (χ1) is 8.52. The van der Waals surface area contributed by atoms with Gasteiger partial charge in [-0.05, 0) is 42.4 Å². The zero-order valence-corrected chi connectivity index (χ0v) is 12.0. The number of ether oxygens (including phenoxy) is 1. The molecule has 0 radical (unpaired) electrons. The smallest absolute Gasteiger partial charge is 0.308 e. The summed E-state index contributed by atoms with van der Waals surface area (Å²) in [6.07, 6.45) is 1.93. The first-order valence-electron chi connectivity index (χ1n) is 6.05. The van der Waals surface area contributed by atoms with Gasteiger partial charge in [-0.25, -0.2) is 0 Å². The topological polar surface area (TPSA) is 26.3 Å². The number of methoxy groups -OCH3 is 1. The highest BCUT2D eigenvalue weighted by Crippen LogP contribution is 2.45. The van der Waals surface area contributed by atoms with Crippen LogP contribution in [0.2, 0.25) is 10.0 Å². The lowest BCUT2D eigenvalue weighted by Crippen LogP contribution is -2.05. The lowest BCUT2D eigenvalue weighted by Gasteiger charge is -2.12. The van der Waals surface area contributed by atoms with Crippen molar-refractivity contribution in [2.75, 3.05) is 7.11 Å². The number of esters is 1. The van der Waals surface area contributed by atoms with Crippen LogP contribution in [-0.2, 0) is 9.53 Å². The maximum absolute atomic E-state index is 11.3. The normalized spacial score (nSPS) is 23.6. The summed E-state index contributed by atoms with van der Waals surface area (Å²) in [4.78, 5) is 11.3. The Kier molecular flexibility index (Phi) is 4.18. The number of benzene rings is 1. The van der Waals surface area contributed by atoms with Gasteiger partial charge >= 0.3 is 5.97 Å². The molecule has 0 amide bonds. The Hall–Kier alpha value is -0.730. The number of halogens is 2. The minimum absolute atomic E-state index is 0.0821. The summed E-state index contributed by atoms with van der Waals surface area (Å²) in [6, 6.07) is 5.72. The van der Waals surface area contributed by atoms with Crippen molar-refractivity contribution in [1.82, 2.24) is 0 Å². The second kappa shape index (κ2) is 5.50. The molecule has 1 aliphatic carbocycles. The molecule has 1 fully saturated rings. The molecule has 1 aromatic rings. The van der Waals surface area contributed by atoms with E-state index in [0.717, 1.165) is 12.8 Å². The third-order valence-corrected chi connectivity index (χ3v) is 4.33. The third kappa shape index (κ3) is 2.99. The fourth-order valence-corrected chi connectivity index (χ4v) is 2.66. The van der Waals surface area contributed by atoms with E-state index in [1.807, 2.05) is 18.2 Å². The van der Waals surface area contributed by atoms with Gasteiger partial charge in [-0.15, -0.1) is 0 Å². The molecule has 0 aromatic heterocycles. The van der Waals surface area contributed by atoms with Crippen LogP contribution in [0.25, 0.3) is 0 Å². The average molecular weight is 287 g/mol. The fraction of sp³-hybridized carbons (Fsp3) is 0.500. The Morgan fingerprint density at radius 2 is 2.17 bits per heavy atom. The van der Waals surface area contributed by atoms with Crippen molar-refractivity contribution in [2.24, 2.45) is 11.8 Å². The summed E-state index contributed by atoms with van der Waals surface area (Å²) in [6.45, 7) is 2.15. The van der Waals surface area contributed by atoms with Crippen LogP contribution in [0.3, 0.4) is 0 Å². The predicted octanol–water partition coefficient (Wildman–Crippen LogP) is 4.30. The summed E-state index contributed by atoms with van der Waals surface area (Å²) in [5.74, 6) is 0.836. The minimum Gasteiger partial charge on any atom is -0.469 e. The summed E-state index contributed by atoms with van der Waals surface area (Å²) >= 11 is 11.9. The van der Waals surface area contributed by atoms with Gasteiger partial charge in [0, 0.05) is 0 Å². The first-order valence-corrected chi connectivity index (χ1v) is 6.81. The van der Waals surface area contributed by atoms with Crippen LogP contribution in [-0.4, -0.2) is 13.1 Å². The SMILES string of the molecule is COC(=O)C1CC1CC(C)c1ccc(Cl)c(Cl)c1. The molecule has 1 saturated carbocycles. The molecule has 3 unspecified atom stereocenters. The highest BCUT2D eigenvalue weighted by molar-refractivity contribution is 6.42. The molecule has 2 nitrogen and oxygen atoms in total. The molecule has 1 aliphatic rings. The largest absolute Gasteiger partial charge is 0.469 e. The molecule has 0 spiro atoms. The molecule has 98 valence electrons. The Morgan fingerprint density at radius 3 is 2.78 bits per heavy atom. The van der Waals surface area contributed by atoms with E-state index in [2.05, 4.69) is 6.92 Å². The summed E-state index contributed by atoms with van der Waals surface area (Å²) < 4.78 is 4.75. The highest BCUT2D eigenvalue weighted by atomic mass is 35.5. The summed E-state index contributed by atoms with van der Waals surface area (Å²) in [5.41, 5.74) is 1.17. The van der Waals surface area contributed by atoms with E-state index in [1.54, 1.807) is 0 Å². The van der Waals surface area contributed by atoms with Gasteiger partial charge in [0.05, 0.1) is 23.1 Å². The van der Waals surface area contributed by atoms with E-state index in [1.165, 1.54) is 12.7 Å². The van der Waals surface area contributed by atoms with Crippen LogP contribution in [0.1, 0.15) is 31.2 Å². The maximum Gasteiger partial charge on any atom is 0.308 e. The van der Waals surface area contributed by atoms with Crippen LogP contribution >= 0.6 is 23.2 Å². The van der Waals surface area contributed by atoms with Crippen molar-refractivity contribution in [3.8, 4) is 0 Å². The van der Waals surface area contributed by atoms with Gasteiger partial charge in [0.25, 0.3) is 0 Å². The van der Waals surface area contributed by atoms with Crippen molar-refractivity contribution in [3.05, 3.63) is 33.8 Å².